The monoisotopic (exact) mass is 914 g/mol. The van der Waals surface area contributed by atoms with E-state index in [0.29, 0.717) is 44.0 Å². The molecule has 2 aliphatic rings. The third kappa shape index (κ3) is 9.36. The van der Waals surface area contributed by atoms with E-state index in [1.54, 1.807) is 54.7 Å². The van der Waals surface area contributed by atoms with Gasteiger partial charge in [-0.25, -0.2) is 9.78 Å². The zero-order valence-electron chi connectivity index (χ0n) is 34.5. The minimum Gasteiger partial charge on any atom is -0.489 e. The molecule has 0 aliphatic carbocycles. The fourth-order valence-corrected chi connectivity index (χ4v) is 8.04. The van der Waals surface area contributed by atoms with Crippen molar-refractivity contribution in [1.29, 1.82) is 0 Å². The van der Waals surface area contributed by atoms with E-state index >= 15 is 0 Å². The van der Waals surface area contributed by atoms with Crippen LogP contribution in [-0.2, 0) is 41.8 Å². The quantitative estimate of drug-likeness (QED) is 0.129. The van der Waals surface area contributed by atoms with Crippen LogP contribution < -0.4 is 19.5 Å². The first-order valence-electron chi connectivity index (χ1n) is 20.0. The normalized spacial score (nSPS) is 16.2. The lowest BCUT2D eigenvalue weighted by atomic mass is 9.91. The molecule has 0 bridgehead atoms. The van der Waals surface area contributed by atoms with E-state index in [1.165, 1.54) is 6.92 Å². The average Bonchev–Trinajstić information content (AvgIpc) is 3.68. The van der Waals surface area contributed by atoms with Crippen LogP contribution in [0.25, 0.3) is 11.1 Å². The molecule has 2 amide bonds. The van der Waals surface area contributed by atoms with Gasteiger partial charge in [0.15, 0.2) is 29.2 Å². The van der Waals surface area contributed by atoms with Crippen molar-refractivity contribution < 1.29 is 51.3 Å². The molecule has 6 aromatic rings. The highest BCUT2D eigenvalue weighted by Crippen LogP contribution is 2.42. The smallest absolute Gasteiger partial charge is 0.452 e. The number of aromatic nitrogens is 2. The topological polar surface area (TPSA) is 153 Å². The number of oxazole rings is 1. The van der Waals surface area contributed by atoms with Gasteiger partial charge in [-0.05, 0) is 101 Å². The van der Waals surface area contributed by atoms with Gasteiger partial charge in [0, 0.05) is 38.2 Å². The zero-order valence-corrected chi connectivity index (χ0v) is 36.0. The Bertz CT molecular complexity index is 2760. The number of aliphatic carboxylic acids is 1. The van der Waals surface area contributed by atoms with Crippen LogP contribution in [0.15, 0.2) is 95.5 Å². The number of carboxylic acid groups (broad SMARTS) is 1. The molecular weight excluding hydrogens is 876 g/mol. The maximum atomic E-state index is 14.2. The van der Waals surface area contributed by atoms with Crippen molar-refractivity contribution in [2.24, 2.45) is 0 Å². The Morgan fingerprint density at radius 1 is 0.922 bits per heavy atom. The Balaban J connectivity index is 1.02. The molecule has 3 atom stereocenters. The molecule has 17 heteroatoms. The fourth-order valence-electron chi connectivity index (χ4n) is 7.72. The van der Waals surface area contributed by atoms with Crippen LogP contribution in [0.4, 0.5) is 13.2 Å². The minimum absolute atomic E-state index is 0.123. The number of carboxylic acids is 1. The maximum absolute atomic E-state index is 14.2. The van der Waals surface area contributed by atoms with Gasteiger partial charge in [0.2, 0.25) is 11.7 Å². The summed E-state index contributed by atoms with van der Waals surface area (Å²) in [6.07, 6.45) is -4.25. The average molecular weight is 916 g/mol. The Kier molecular flexibility index (Phi) is 12.3. The first-order chi connectivity index (χ1) is 30.5. The molecule has 0 saturated carbocycles. The molecule has 0 saturated heterocycles. The van der Waals surface area contributed by atoms with Crippen LogP contribution >= 0.6 is 23.2 Å². The van der Waals surface area contributed by atoms with Crippen molar-refractivity contribution in [3.63, 3.8) is 0 Å². The van der Waals surface area contributed by atoms with Gasteiger partial charge in [-0.2, -0.15) is 13.2 Å². The number of alkyl halides is 3. The van der Waals surface area contributed by atoms with Gasteiger partial charge in [-0.3, -0.25) is 14.6 Å². The molecule has 0 spiro atoms. The van der Waals surface area contributed by atoms with E-state index in [4.69, 9.17) is 41.8 Å². The number of amides is 2. The third-order valence-corrected chi connectivity index (χ3v) is 12.0. The molecule has 4 aromatic carbocycles. The lowest BCUT2D eigenvalue weighted by molar-refractivity contribution is -0.153. The number of benzene rings is 4. The molecule has 8 rings (SSSR count). The first-order valence-corrected chi connectivity index (χ1v) is 20.8. The van der Waals surface area contributed by atoms with Crippen LogP contribution in [0, 0.1) is 20.8 Å². The van der Waals surface area contributed by atoms with Crippen LogP contribution in [0.2, 0.25) is 10.0 Å². The van der Waals surface area contributed by atoms with Crippen molar-refractivity contribution >= 4 is 41.0 Å². The number of nitrogens with one attached hydrogen (secondary N) is 1. The molecule has 0 fully saturated rings. The van der Waals surface area contributed by atoms with Gasteiger partial charge >= 0.3 is 12.1 Å². The van der Waals surface area contributed by atoms with E-state index < -0.39 is 59.5 Å². The molecule has 3 unspecified atom stereocenters. The maximum Gasteiger partial charge on any atom is 0.452 e. The number of ether oxygens (including phenoxy) is 3. The Morgan fingerprint density at radius 3 is 2.34 bits per heavy atom. The van der Waals surface area contributed by atoms with Crippen LogP contribution in [0.5, 0.6) is 17.2 Å². The van der Waals surface area contributed by atoms with Crippen LogP contribution in [0.1, 0.15) is 67.3 Å². The molecule has 4 heterocycles. The summed E-state index contributed by atoms with van der Waals surface area (Å²) in [5.74, 6) is -4.23. The zero-order chi connectivity index (χ0) is 45.4. The summed E-state index contributed by atoms with van der Waals surface area (Å²) in [5, 5.41) is 13.7. The van der Waals surface area contributed by atoms with Gasteiger partial charge in [-0.1, -0.05) is 65.7 Å². The van der Waals surface area contributed by atoms with Crippen molar-refractivity contribution in [3.8, 4) is 28.4 Å². The van der Waals surface area contributed by atoms with E-state index in [9.17, 15) is 32.7 Å². The van der Waals surface area contributed by atoms with Crippen molar-refractivity contribution in [2.45, 2.75) is 71.1 Å². The van der Waals surface area contributed by atoms with Gasteiger partial charge in [-0.15, -0.1) is 0 Å². The Hall–Kier alpha value is -6.58. The van der Waals surface area contributed by atoms with E-state index in [-0.39, 0.29) is 32.6 Å². The number of carbonyl (C=O) groups excluding carboxylic acids is 2. The van der Waals surface area contributed by atoms with Gasteiger partial charge in [0.25, 0.3) is 5.91 Å². The Morgan fingerprint density at radius 2 is 1.64 bits per heavy atom. The largest absolute Gasteiger partial charge is 0.489 e. The second kappa shape index (κ2) is 17.9. The number of hydrogen-bond donors (Lipinski definition) is 2. The van der Waals surface area contributed by atoms with Crippen molar-refractivity contribution in [1.82, 2.24) is 20.2 Å². The first kappa shape index (κ1) is 44.0. The minimum atomic E-state index is -5.08. The molecule has 64 heavy (non-hydrogen) atoms. The molecule has 0 radical (unpaired) electrons. The summed E-state index contributed by atoms with van der Waals surface area (Å²) in [6.45, 7) is 5.06. The summed E-state index contributed by atoms with van der Waals surface area (Å²) in [4.78, 5) is 50.0. The summed E-state index contributed by atoms with van der Waals surface area (Å²) in [5.41, 5.74) is 5.92. The summed E-state index contributed by atoms with van der Waals surface area (Å²) in [6, 6.07) is 21.9. The predicted octanol–water partition coefficient (Wildman–Crippen LogP) is 9.46. The van der Waals surface area contributed by atoms with Gasteiger partial charge < -0.3 is 34.0 Å². The van der Waals surface area contributed by atoms with Crippen LogP contribution in [0.3, 0.4) is 0 Å². The highest BCUT2D eigenvalue weighted by atomic mass is 35.5. The number of aryl methyl sites for hydroxylation is 2. The van der Waals surface area contributed by atoms with Gasteiger partial charge in [0.1, 0.15) is 31.0 Å². The van der Waals surface area contributed by atoms with Gasteiger partial charge in [0.05, 0.1) is 10.0 Å². The number of rotatable bonds is 11. The van der Waals surface area contributed by atoms with E-state index in [2.05, 4.69) is 15.3 Å². The van der Waals surface area contributed by atoms with Crippen LogP contribution in [-0.4, -0.2) is 56.4 Å². The highest BCUT2D eigenvalue weighted by Gasteiger charge is 2.45. The summed E-state index contributed by atoms with van der Waals surface area (Å²) < 4.78 is 65.6. The number of fused-ring (bicyclic) bond motifs is 2. The molecule has 2 aliphatic heterocycles. The van der Waals surface area contributed by atoms with Crippen molar-refractivity contribution in [3.05, 3.63) is 158 Å². The second-order valence-electron chi connectivity index (χ2n) is 15.5. The predicted molar refractivity (Wildman–Crippen MR) is 229 cm³/mol. The number of carbonyl (C=O) groups is 3. The number of hydrogen-bond acceptors (Lipinski definition) is 9. The molecular formula is C47H39Cl2F3N4O8. The number of halogens is 5. The molecule has 2 N–H and O–H groups in total. The SMILES string of the molecule is Cc1nc(C(=O)N2Cc3cc4c(cc3CC2C(=O)NC(Cc2ccc(-c3ccnc(C)c3C)cc2)C(=O)O)OCC(c2ccc(OCc3ccc(Cl)c(Cl)c3)cc2)O4)c(C(F)(F)F)o1. The fraction of sp³-hybridized carbons (Fsp3) is 0.255. The van der Waals surface area contributed by atoms with Crippen molar-refractivity contribution in [2.75, 3.05) is 6.61 Å². The molecule has 2 aromatic heterocycles. The standard InChI is InChI=1S/C47H39Cl2F3N4O8/c1-24-25(2)53-15-14-34(24)29-7-4-27(5-8-29)17-37(46(59)60)55-44(57)38-18-31-19-39-40(20-32(31)21-56(38)45(58)42-43(47(50,51)52)63-26(3)54-42)64-41(23-62-39)30-9-11-33(12-10-30)61-22-28-6-13-35(48)36(49)16-28/h4-16,19-20,37-38,41H,17-18,21-23H2,1-3H3,(H,55,57)(H,59,60). The summed E-state index contributed by atoms with van der Waals surface area (Å²) >= 11 is 12.1. The molecule has 330 valence electrons. The van der Waals surface area contributed by atoms with E-state index in [0.717, 1.165) is 38.4 Å². The van der Waals surface area contributed by atoms with E-state index in [1.807, 2.05) is 50.2 Å². The third-order valence-electron chi connectivity index (χ3n) is 11.2. The summed E-state index contributed by atoms with van der Waals surface area (Å²) in [7, 11) is 0. The Labute approximate surface area is 374 Å². The molecule has 12 nitrogen and oxygen atoms in total. The lowest BCUT2D eigenvalue weighted by Gasteiger charge is -2.37. The lowest BCUT2D eigenvalue weighted by Crippen LogP contribution is -2.56. The second-order valence-corrected chi connectivity index (χ2v) is 16.3. The number of nitrogens with zero attached hydrogens (tertiary/aromatic N) is 3. The number of pyridine rings is 1. The highest BCUT2D eigenvalue weighted by molar-refractivity contribution is 6.42.